The lowest BCUT2D eigenvalue weighted by atomic mass is 10.1. The molecule has 208 valence electrons. The fourth-order valence-corrected chi connectivity index (χ4v) is 4.99. The second-order valence-corrected chi connectivity index (χ2v) is 10.1. The second-order valence-electron chi connectivity index (χ2n) is 9.06. The molecule has 0 spiro atoms. The van der Waals surface area contributed by atoms with Crippen molar-refractivity contribution < 1.29 is 19.1 Å². The maximum Gasteiger partial charge on any atom is 0.333 e. The van der Waals surface area contributed by atoms with Crippen molar-refractivity contribution >= 4 is 35.4 Å². The number of para-hydroxylation sites is 1. The van der Waals surface area contributed by atoms with Crippen LogP contribution in [0, 0.1) is 0 Å². The monoisotopic (exact) mass is 560 g/mol. The van der Waals surface area contributed by atoms with Crippen LogP contribution in [0.5, 0.6) is 5.75 Å². The van der Waals surface area contributed by atoms with Gasteiger partial charge in [0.1, 0.15) is 22.7 Å². The van der Waals surface area contributed by atoms with Crippen LogP contribution in [0.3, 0.4) is 0 Å². The van der Waals surface area contributed by atoms with Gasteiger partial charge in [-0.05, 0) is 62.7 Å². The summed E-state index contributed by atoms with van der Waals surface area (Å²) < 4.78 is 14.1. The standard InChI is InChI=1S/C30H32N4O5S/c1-5-20(3)31-26(35)19-33-27(17-28(36)39-6-2)40-25(30(33)37)16-22-18-34(23-10-8-7-9-11-23)32-29(22)21-12-14-24(38-4)15-13-21/h7-18,20H,5-6,19H2,1-4H3,(H,31,35)/b25-16-,27-17-/t20-/m0/s1. The maximum atomic E-state index is 13.6. The van der Waals surface area contributed by atoms with Crippen LogP contribution in [-0.2, 0) is 20.9 Å². The molecule has 0 aliphatic rings. The number of carbonyl (C=O) groups is 2. The molecule has 40 heavy (non-hydrogen) atoms. The molecule has 4 rings (SSSR count). The molecule has 1 amide bonds. The number of ether oxygens (including phenoxy) is 2. The summed E-state index contributed by atoms with van der Waals surface area (Å²) in [5, 5.41) is 7.69. The van der Waals surface area contributed by atoms with E-state index < -0.39 is 5.97 Å². The lowest BCUT2D eigenvalue weighted by Crippen LogP contribution is -2.41. The topological polar surface area (TPSA) is 104 Å². The van der Waals surface area contributed by atoms with Crippen molar-refractivity contribution in [3.8, 4) is 22.7 Å². The van der Waals surface area contributed by atoms with Gasteiger partial charge in [0.2, 0.25) is 5.91 Å². The van der Waals surface area contributed by atoms with Gasteiger partial charge in [0.25, 0.3) is 5.56 Å². The first-order valence-electron chi connectivity index (χ1n) is 13.0. The van der Waals surface area contributed by atoms with Crippen molar-refractivity contribution in [2.24, 2.45) is 0 Å². The second kappa shape index (κ2) is 13.1. The summed E-state index contributed by atoms with van der Waals surface area (Å²) in [5.74, 6) is -0.176. The quantitative estimate of drug-likeness (QED) is 0.299. The molecule has 0 saturated carbocycles. The summed E-state index contributed by atoms with van der Waals surface area (Å²) in [5.41, 5.74) is 2.68. The molecule has 0 bridgehead atoms. The summed E-state index contributed by atoms with van der Waals surface area (Å²) in [6.45, 7) is 5.54. The van der Waals surface area contributed by atoms with Gasteiger partial charge in [0.05, 0.1) is 30.0 Å². The van der Waals surface area contributed by atoms with E-state index in [4.69, 9.17) is 14.6 Å². The minimum atomic E-state index is -0.581. The lowest BCUT2D eigenvalue weighted by molar-refractivity contribution is -0.135. The van der Waals surface area contributed by atoms with Gasteiger partial charge in [-0.15, -0.1) is 11.3 Å². The molecule has 0 aliphatic heterocycles. The molecular weight excluding hydrogens is 528 g/mol. The Balaban J connectivity index is 1.87. The summed E-state index contributed by atoms with van der Waals surface area (Å²) >= 11 is 1.12. The fraction of sp³-hybridized carbons (Fsp3) is 0.267. The van der Waals surface area contributed by atoms with Gasteiger partial charge >= 0.3 is 5.97 Å². The zero-order chi connectivity index (χ0) is 28.6. The number of hydrogen-bond donors (Lipinski definition) is 1. The Hall–Kier alpha value is -4.44. The highest BCUT2D eigenvalue weighted by Crippen LogP contribution is 2.26. The van der Waals surface area contributed by atoms with Gasteiger partial charge in [0.15, 0.2) is 0 Å². The third kappa shape index (κ3) is 6.76. The average Bonchev–Trinajstić information content (AvgIpc) is 3.50. The van der Waals surface area contributed by atoms with E-state index in [9.17, 15) is 14.4 Å². The van der Waals surface area contributed by atoms with Gasteiger partial charge in [0, 0.05) is 23.4 Å². The normalized spacial score (nSPS) is 12.8. The van der Waals surface area contributed by atoms with E-state index in [0.717, 1.165) is 29.0 Å². The summed E-state index contributed by atoms with van der Waals surface area (Å²) in [6, 6.07) is 17.1. The molecule has 0 aliphatic carbocycles. The minimum absolute atomic E-state index is 0.0405. The van der Waals surface area contributed by atoms with Crippen molar-refractivity contribution in [2.75, 3.05) is 13.7 Å². The Kier molecular flexibility index (Phi) is 9.34. The van der Waals surface area contributed by atoms with Crippen LogP contribution < -0.4 is 24.8 Å². The SMILES string of the molecule is CCOC(=O)/C=c1\s/c(=C\c2cn(-c3ccccc3)nc2-c2ccc(OC)cc2)c(=O)n1CC(=O)N[C@@H](C)CC. The number of esters is 1. The van der Waals surface area contributed by atoms with Gasteiger partial charge in [-0.3, -0.25) is 14.2 Å². The van der Waals surface area contributed by atoms with E-state index in [1.165, 1.54) is 10.6 Å². The van der Waals surface area contributed by atoms with Crippen LogP contribution in [0.4, 0.5) is 0 Å². The zero-order valence-electron chi connectivity index (χ0n) is 22.9. The highest BCUT2D eigenvalue weighted by Gasteiger charge is 2.15. The molecule has 1 N–H and O–H groups in total. The number of methoxy groups -OCH3 is 1. The van der Waals surface area contributed by atoms with Crippen molar-refractivity contribution in [3.05, 3.63) is 85.9 Å². The molecule has 4 aromatic rings. The minimum Gasteiger partial charge on any atom is -0.497 e. The Morgan fingerprint density at radius 2 is 1.82 bits per heavy atom. The van der Waals surface area contributed by atoms with Crippen LogP contribution >= 0.6 is 11.3 Å². The molecule has 9 nitrogen and oxygen atoms in total. The molecule has 2 aromatic carbocycles. The van der Waals surface area contributed by atoms with E-state index in [1.54, 1.807) is 24.8 Å². The largest absolute Gasteiger partial charge is 0.497 e. The van der Waals surface area contributed by atoms with Crippen LogP contribution in [0.2, 0.25) is 0 Å². The molecule has 0 radical (unpaired) electrons. The molecule has 0 fully saturated rings. The van der Waals surface area contributed by atoms with Crippen LogP contribution in [-0.4, -0.2) is 46.0 Å². The summed E-state index contributed by atoms with van der Waals surface area (Å²) in [7, 11) is 1.61. The predicted molar refractivity (Wildman–Crippen MR) is 156 cm³/mol. The van der Waals surface area contributed by atoms with E-state index in [-0.39, 0.29) is 30.7 Å². The third-order valence-corrected chi connectivity index (χ3v) is 7.26. The first-order valence-corrected chi connectivity index (χ1v) is 13.8. The molecule has 0 unspecified atom stereocenters. The van der Waals surface area contributed by atoms with Gasteiger partial charge in [-0.1, -0.05) is 25.1 Å². The number of amides is 1. The lowest BCUT2D eigenvalue weighted by Gasteiger charge is -2.11. The van der Waals surface area contributed by atoms with E-state index in [0.29, 0.717) is 26.2 Å². The van der Waals surface area contributed by atoms with Crippen LogP contribution in [0.1, 0.15) is 32.8 Å². The van der Waals surface area contributed by atoms with Gasteiger partial charge < -0.3 is 14.8 Å². The molecular formula is C30H32N4O5S. The zero-order valence-corrected chi connectivity index (χ0v) is 23.7. The van der Waals surface area contributed by atoms with E-state index in [2.05, 4.69) is 5.32 Å². The molecule has 2 heterocycles. The molecule has 2 aromatic heterocycles. The highest BCUT2D eigenvalue weighted by atomic mass is 32.1. The smallest absolute Gasteiger partial charge is 0.333 e. The van der Waals surface area contributed by atoms with Crippen molar-refractivity contribution in [2.45, 2.75) is 39.8 Å². The average molecular weight is 561 g/mol. The van der Waals surface area contributed by atoms with E-state index >= 15 is 0 Å². The fourth-order valence-electron chi connectivity index (χ4n) is 3.96. The maximum absolute atomic E-state index is 13.6. The number of nitrogens with zero attached hydrogens (tertiary/aromatic N) is 3. The van der Waals surface area contributed by atoms with Crippen molar-refractivity contribution in [1.82, 2.24) is 19.7 Å². The number of hydrogen-bond acceptors (Lipinski definition) is 7. The molecule has 10 heteroatoms. The molecule has 1 atom stereocenters. The van der Waals surface area contributed by atoms with Crippen LogP contribution in [0.15, 0.2) is 65.6 Å². The first kappa shape index (κ1) is 28.6. The number of thiazole rings is 1. The predicted octanol–water partition coefficient (Wildman–Crippen LogP) is 2.86. The third-order valence-electron chi connectivity index (χ3n) is 6.20. The number of benzene rings is 2. The Morgan fingerprint density at radius 3 is 2.48 bits per heavy atom. The number of carbonyl (C=O) groups excluding carboxylic acids is 2. The number of aromatic nitrogens is 3. The summed E-state index contributed by atoms with van der Waals surface area (Å²) in [4.78, 5) is 38.5. The van der Waals surface area contributed by atoms with Crippen molar-refractivity contribution in [1.29, 1.82) is 0 Å². The van der Waals surface area contributed by atoms with Gasteiger partial charge in [-0.25, -0.2) is 9.48 Å². The number of nitrogens with one attached hydrogen (secondary N) is 1. The van der Waals surface area contributed by atoms with E-state index in [1.807, 2.05) is 74.6 Å². The molecule has 0 saturated heterocycles. The first-order chi connectivity index (χ1) is 19.3. The van der Waals surface area contributed by atoms with Crippen LogP contribution in [0.25, 0.3) is 29.1 Å². The van der Waals surface area contributed by atoms with Crippen molar-refractivity contribution in [3.63, 3.8) is 0 Å². The Morgan fingerprint density at radius 1 is 1.10 bits per heavy atom. The van der Waals surface area contributed by atoms with Gasteiger partial charge in [-0.2, -0.15) is 5.10 Å². The number of rotatable bonds is 10. The Bertz CT molecular complexity index is 1650. The summed E-state index contributed by atoms with van der Waals surface area (Å²) in [6.07, 6.45) is 5.60. The Labute approximate surface area is 236 Å². The highest BCUT2D eigenvalue weighted by molar-refractivity contribution is 7.07.